The van der Waals surface area contributed by atoms with Crippen LogP contribution in [0.25, 0.3) is 0 Å². The molecule has 18 heavy (non-hydrogen) atoms. The number of thioether (sulfide) groups is 1. The molecule has 0 aromatic carbocycles. The Hall–Kier alpha value is -0.480. The first-order valence-electron chi connectivity index (χ1n) is 7.14. The molecule has 1 atom stereocenters. The van der Waals surface area contributed by atoms with Crippen molar-refractivity contribution in [3.8, 4) is 0 Å². The number of hydrogen-bond donors (Lipinski definition) is 1. The summed E-state index contributed by atoms with van der Waals surface area (Å²) < 4.78 is 2.34. The zero-order chi connectivity index (χ0) is 12.6. The molecular weight excluding hydrogens is 242 g/mol. The van der Waals surface area contributed by atoms with E-state index < -0.39 is 0 Å². The molecule has 2 heterocycles. The van der Waals surface area contributed by atoms with Crippen molar-refractivity contribution < 1.29 is 0 Å². The molecule has 1 aliphatic heterocycles. The first kappa shape index (κ1) is 13.9. The molecule has 0 unspecified atom stereocenters. The number of imidazole rings is 1. The van der Waals surface area contributed by atoms with E-state index in [-0.39, 0.29) is 0 Å². The molecule has 4 heteroatoms. The van der Waals surface area contributed by atoms with Crippen molar-refractivity contribution in [2.45, 2.75) is 51.1 Å². The van der Waals surface area contributed by atoms with Crippen LogP contribution in [-0.2, 0) is 6.54 Å². The first-order chi connectivity index (χ1) is 8.92. The second kappa shape index (κ2) is 7.85. The average molecular weight is 267 g/mol. The van der Waals surface area contributed by atoms with Crippen molar-refractivity contribution in [3.63, 3.8) is 0 Å². The smallest absolute Gasteiger partial charge is 0.0948 e. The van der Waals surface area contributed by atoms with Crippen LogP contribution in [0.5, 0.6) is 0 Å². The van der Waals surface area contributed by atoms with Crippen molar-refractivity contribution in [1.82, 2.24) is 14.9 Å². The topological polar surface area (TPSA) is 29.9 Å². The third-order valence-electron chi connectivity index (χ3n) is 3.66. The molecule has 0 amide bonds. The molecule has 1 saturated heterocycles. The van der Waals surface area contributed by atoms with Gasteiger partial charge in [0.15, 0.2) is 0 Å². The minimum atomic E-state index is 0.545. The zero-order valence-electron chi connectivity index (χ0n) is 11.4. The molecule has 1 aromatic rings. The summed E-state index contributed by atoms with van der Waals surface area (Å²) in [5.41, 5.74) is 1.39. The molecule has 1 fully saturated rings. The summed E-state index contributed by atoms with van der Waals surface area (Å²) in [5, 5.41) is 3.55. The highest BCUT2D eigenvalue weighted by Crippen LogP contribution is 2.22. The quantitative estimate of drug-likeness (QED) is 0.733. The maximum absolute atomic E-state index is 4.31. The first-order valence-corrected chi connectivity index (χ1v) is 8.53. The fourth-order valence-corrected chi connectivity index (χ4v) is 3.12. The van der Waals surface area contributed by atoms with Crippen molar-refractivity contribution in [2.75, 3.05) is 18.6 Å². The Bertz CT molecular complexity index is 332. The average Bonchev–Trinajstić information content (AvgIpc) is 3.03. The molecule has 0 spiro atoms. The maximum atomic E-state index is 4.31. The molecule has 2 rings (SSSR count). The second-order valence-electron chi connectivity index (χ2n) is 5.07. The molecule has 0 bridgehead atoms. The SMILES string of the molecule is CSCCCCCCn1cncc1[C@@H]1CCCN1. The van der Waals surface area contributed by atoms with E-state index in [0.29, 0.717) is 6.04 Å². The van der Waals surface area contributed by atoms with E-state index in [2.05, 4.69) is 21.1 Å². The molecule has 0 radical (unpaired) electrons. The van der Waals surface area contributed by atoms with Crippen LogP contribution in [0.1, 0.15) is 50.3 Å². The highest BCUT2D eigenvalue weighted by molar-refractivity contribution is 7.98. The van der Waals surface area contributed by atoms with Crippen LogP contribution in [0, 0.1) is 0 Å². The monoisotopic (exact) mass is 267 g/mol. The third-order valence-corrected chi connectivity index (χ3v) is 4.36. The summed E-state index contributed by atoms with van der Waals surface area (Å²) in [6.45, 7) is 2.29. The number of unbranched alkanes of at least 4 members (excludes halogenated alkanes) is 3. The fourth-order valence-electron chi connectivity index (χ4n) is 2.63. The Labute approximate surface area is 115 Å². The van der Waals surface area contributed by atoms with Gasteiger partial charge in [-0.05, 0) is 44.2 Å². The van der Waals surface area contributed by atoms with Gasteiger partial charge in [0.1, 0.15) is 0 Å². The van der Waals surface area contributed by atoms with E-state index in [4.69, 9.17) is 0 Å². The summed E-state index contributed by atoms with van der Waals surface area (Å²) in [4.78, 5) is 4.31. The predicted octanol–water partition coefficient (Wildman–Crippen LogP) is 3.23. The van der Waals surface area contributed by atoms with Gasteiger partial charge >= 0.3 is 0 Å². The van der Waals surface area contributed by atoms with Crippen LogP contribution >= 0.6 is 11.8 Å². The fraction of sp³-hybridized carbons (Fsp3) is 0.786. The van der Waals surface area contributed by atoms with Crippen molar-refractivity contribution in [1.29, 1.82) is 0 Å². The molecule has 102 valence electrons. The predicted molar refractivity (Wildman–Crippen MR) is 79.1 cm³/mol. The zero-order valence-corrected chi connectivity index (χ0v) is 12.2. The van der Waals surface area contributed by atoms with Gasteiger partial charge in [-0.1, -0.05) is 12.8 Å². The number of nitrogens with one attached hydrogen (secondary N) is 1. The molecule has 1 aliphatic rings. The summed E-state index contributed by atoms with van der Waals surface area (Å²) >= 11 is 1.95. The Kier molecular flexibility index (Phi) is 6.08. The number of hydrogen-bond acceptors (Lipinski definition) is 3. The summed E-state index contributed by atoms with van der Waals surface area (Å²) in [6, 6.07) is 0.545. The normalized spacial score (nSPS) is 19.5. The van der Waals surface area contributed by atoms with Gasteiger partial charge in [-0.3, -0.25) is 0 Å². The van der Waals surface area contributed by atoms with Gasteiger partial charge in [0.25, 0.3) is 0 Å². The van der Waals surface area contributed by atoms with Crippen molar-refractivity contribution in [3.05, 3.63) is 18.2 Å². The van der Waals surface area contributed by atoms with E-state index in [1.165, 1.54) is 50.0 Å². The van der Waals surface area contributed by atoms with E-state index in [1.54, 1.807) is 0 Å². The minimum absolute atomic E-state index is 0.545. The van der Waals surface area contributed by atoms with E-state index in [1.807, 2.05) is 24.3 Å². The standard InChI is InChI=1S/C14H25N3S/c1-18-10-5-3-2-4-9-17-12-15-11-14(17)13-7-6-8-16-13/h11-13,16H,2-10H2,1H3/t13-/m0/s1. The number of nitrogens with zero attached hydrogens (tertiary/aromatic N) is 2. The van der Waals surface area contributed by atoms with Crippen LogP contribution in [-0.4, -0.2) is 28.1 Å². The van der Waals surface area contributed by atoms with Crippen LogP contribution in [0.3, 0.4) is 0 Å². The summed E-state index contributed by atoms with van der Waals surface area (Å²) in [6.07, 6.45) is 14.1. The highest BCUT2D eigenvalue weighted by Gasteiger charge is 2.19. The number of rotatable bonds is 8. The van der Waals surface area contributed by atoms with Crippen LogP contribution < -0.4 is 5.32 Å². The highest BCUT2D eigenvalue weighted by atomic mass is 32.2. The van der Waals surface area contributed by atoms with Crippen LogP contribution in [0.15, 0.2) is 12.5 Å². The molecule has 0 aliphatic carbocycles. The van der Waals surface area contributed by atoms with Gasteiger partial charge in [0.05, 0.1) is 12.0 Å². The van der Waals surface area contributed by atoms with Gasteiger partial charge in [-0.2, -0.15) is 11.8 Å². The Balaban J connectivity index is 1.70. The lowest BCUT2D eigenvalue weighted by atomic mass is 10.1. The molecule has 0 saturated carbocycles. The molecular formula is C14H25N3S. The van der Waals surface area contributed by atoms with E-state index in [0.717, 1.165) is 13.1 Å². The molecule has 1 aromatic heterocycles. The van der Waals surface area contributed by atoms with E-state index >= 15 is 0 Å². The molecule has 3 nitrogen and oxygen atoms in total. The lowest BCUT2D eigenvalue weighted by Gasteiger charge is -2.13. The largest absolute Gasteiger partial charge is 0.333 e. The van der Waals surface area contributed by atoms with Gasteiger partial charge in [0, 0.05) is 18.8 Å². The van der Waals surface area contributed by atoms with Gasteiger partial charge in [-0.25, -0.2) is 4.98 Å². The number of aromatic nitrogens is 2. The summed E-state index contributed by atoms with van der Waals surface area (Å²) in [7, 11) is 0. The summed E-state index contributed by atoms with van der Waals surface area (Å²) in [5.74, 6) is 1.31. The van der Waals surface area contributed by atoms with Crippen molar-refractivity contribution in [2.24, 2.45) is 0 Å². The van der Waals surface area contributed by atoms with Gasteiger partial charge < -0.3 is 9.88 Å². The van der Waals surface area contributed by atoms with E-state index in [9.17, 15) is 0 Å². The van der Waals surface area contributed by atoms with Crippen molar-refractivity contribution >= 4 is 11.8 Å². The van der Waals surface area contributed by atoms with Crippen LogP contribution in [0.2, 0.25) is 0 Å². The van der Waals surface area contributed by atoms with Crippen LogP contribution in [0.4, 0.5) is 0 Å². The lowest BCUT2D eigenvalue weighted by Crippen LogP contribution is -2.16. The van der Waals surface area contributed by atoms with Gasteiger partial charge in [-0.15, -0.1) is 0 Å². The Morgan fingerprint density at radius 1 is 1.39 bits per heavy atom. The second-order valence-corrected chi connectivity index (χ2v) is 6.05. The maximum Gasteiger partial charge on any atom is 0.0948 e. The Morgan fingerprint density at radius 2 is 2.28 bits per heavy atom. The third kappa shape index (κ3) is 4.02. The Morgan fingerprint density at radius 3 is 3.06 bits per heavy atom. The van der Waals surface area contributed by atoms with Gasteiger partial charge in [0.2, 0.25) is 0 Å². The lowest BCUT2D eigenvalue weighted by molar-refractivity contribution is 0.529. The minimum Gasteiger partial charge on any atom is -0.333 e. The molecule has 1 N–H and O–H groups in total. The number of aryl methyl sites for hydroxylation is 1.